The number of anilines is 1. The Hall–Kier alpha value is -6.94. The molecule has 0 spiro atoms. The molecule has 5 aromatic carbocycles. The number of benzene rings is 5. The van der Waals surface area contributed by atoms with Gasteiger partial charge in [-0.3, -0.25) is 0 Å². The molecule has 0 aliphatic heterocycles. The summed E-state index contributed by atoms with van der Waals surface area (Å²) in [6, 6.07) is 48.9. The summed E-state index contributed by atoms with van der Waals surface area (Å²) in [6.07, 6.45) is 2.29. The third-order valence-electron chi connectivity index (χ3n) is 9.69. The molecule has 0 bridgehead atoms. The van der Waals surface area contributed by atoms with E-state index in [9.17, 15) is 9.59 Å². The summed E-state index contributed by atoms with van der Waals surface area (Å²) in [5.41, 5.74) is 6.11. The second kappa shape index (κ2) is 16.4. The fourth-order valence-corrected chi connectivity index (χ4v) is 7.23. The molecule has 0 aliphatic rings. The Morgan fingerprint density at radius 3 is 1.76 bits per heavy atom. The maximum atomic E-state index is 13.0. The first-order valence-corrected chi connectivity index (χ1v) is 18.1. The fourth-order valence-electron chi connectivity index (χ4n) is 7.23. The van der Waals surface area contributed by atoms with Crippen molar-refractivity contribution in [3.05, 3.63) is 185 Å². The summed E-state index contributed by atoms with van der Waals surface area (Å²) in [5, 5.41) is 13.8. The first-order valence-electron chi connectivity index (χ1n) is 18.1. The SMILES string of the molecule is CCCN(Cc1ccc(-c2ccccc2-c2nnnn2C(c2ccccc2)(c2ccccc2)c2ccccc2)cc1)c1nccc(C(=O)OC)c1C(=O)OC. The molecule has 10 nitrogen and oxygen atoms in total. The van der Waals surface area contributed by atoms with Gasteiger partial charge in [0.05, 0.1) is 19.8 Å². The molecule has 274 valence electrons. The molecule has 55 heavy (non-hydrogen) atoms. The van der Waals surface area contributed by atoms with Gasteiger partial charge in [-0.25, -0.2) is 19.3 Å². The zero-order chi connectivity index (χ0) is 38.2. The van der Waals surface area contributed by atoms with Crippen LogP contribution in [0.25, 0.3) is 22.5 Å². The number of tetrazole rings is 1. The van der Waals surface area contributed by atoms with E-state index >= 15 is 0 Å². The minimum absolute atomic E-state index is 0.0751. The number of hydrogen-bond donors (Lipinski definition) is 0. The molecule has 2 heterocycles. The van der Waals surface area contributed by atoms with Crippen LogP contribution >= 0.6 is 0 Å². The Morgan fingerprint density at radius 1 is 0.673 bits per heavy atom. The van der Waals surface area contributed by atoms with E-state index in [-0.39, 0.29) is 11.1 Å². The number of aromatic nitrogens is 5. The second-order valence-electron chi connectivity index (χ2n) is 12.9. The molecule has 0 N–H and O–H groups in total. The first kappa shape index (κ1) is 36.4. The van der Waals surface area contributed by atoms with Crippen LogP contribution in [0.5, 0.6) is 0 Å². The van der Waals surface area contributed by atoms with E-state index in [0.29, 0.717) is 24.7 Å². The Labute approximate surface area is 320 Å². The van der Waals surface area contributed by atoms with Crippen LogP contribution in [0, 0.1) is 0 Å². The monoisotopic (exact) mass is 728 g/mol. The summed E-state index contributed by atoms with van der Waals surface area (Å²) in [4.78, 5) is 32.1. The van der Waals surface area contributed by atoms with Gasteiger partial charge < -0.3 is 14.4 Å². The third-order valence-corrected chi connectivity index (χ3v) is 9.69. The maximum absolute atomic E-state index is 13.0. The van der Waals surface area contributed by atoms with Crippen LogP contribution < -0.4 is 4.90 Å². The first-order chi connectivity index (χ1) is 27.0. The lowest BCUT2D eigenvalue weighted by atomic mass is 9.77. The third kappa shape index (κ3) is 6.97. The fraction of sp³-hybridized carbons (Fsp3) is 0.156. The van der Waals surface area contributed by atoms with E-state index in [1.54, 1.807) is 0 Å². The predicted octanol–water partition coefficient (Wildman–Crippen LogP) is 8.23. The van der Waals surface area contributed by atoms with Crippen molar-refractivity contribution < 1.29 is 19.1 Å². The van der Waals surface area contributed by atoms with Crippen molar-refractivity contribution >= 4 is 17.8 Å². The topological polar surface area (TPSA) is 112 Å². The van der Waals surface area contributed by atoms with Crippen molar-refractivity contribution in [1.29, 1.82) is 0 Å². The van der Waals surface area contributed by atoms with Crippen LogP contribution in [0.2, 0.25) is 0 Å². The molecule has 2 aromatic heterocycles. The molecule has 0 fully saturated rings. The van der Waals surface area contributed by atoms with Crippen molar-refractivity contribution in [3.63, 3.8) is 0 Å². The van der Waals surface area contributed by atoms with Crippen LogP contribution in [0.4, 0.5) is 5.82 Å². The molecule has 0 saturated heterocycles. The standard InChI is InChI=1S/C45H40N6O4/c1-4-30-50(42-40(44(53)55-3)39(28-29-46-42)43(52)54-2)31-32-24-26-33(27-25-32)37-22-14-15-23-38(37)41-47-48-49-51(41)45(34-16-8-5-9-17-34,35-18-10-6-11-19-35)36-20-12-7-13-21-36/h5-29H,4,30-31H2,1-3H3. The number of ether oxygens (including phenoxy) is 2. The highest BCUT2D eigenvalue weighted by Gasteiger charge is 2.42. The molecule has 0 atom stereocenters. The summed E-state index contributed by atoms with van der Waals surface area (Å²) >= 11 is 0. The van der Waals surface area contributed by atoms with Gasteiger partial charge in [-0.2, -0.15) is 0 Å². The largest absolute Gasteiger partial charge is 0.465 e. The van der Waals surface area contributed by atoms with Crippen LogP contribution in [0.15, 0.2) is 152 Å². The molecular formula is C45H40N6O4. The van der Waals surface area contributed by atoms with Gasteiger partial charge in [0, 0.05) is 24.8 Å². The number of hydrogen-bond acceptors (Lipinski definition) is 9. The maximum Gasteiger partial charge on any atom is 0.342 e. The molecule has 10 heteroatoms. The van der Waals surface area contributed by atoms with Crippen LogP contribution in [-0.2, 0) is 21.6 Å². The lowest BCUT2D eigenvalue weighted by Crippen LogP contribution is -2.39. The van der Waals surface area contributed by atoms with Gasteiger partial charge in [0.2, 0.25) is 0 Å². The normalized spacial score (nSPS) is 11.2. The van der Waals surface area contributed by atoms with Crippen LogP contribution in [0.1, 0.15) is 56.3 Å². The molecule has 0 amide bonds. The Bertz CT molecular complexity index is 2290. The zero-order valence-corrected chi connectivity index (χ0v) is 30.9. The average Bonchev–Trinajstić information content (AvgIpc) is 3.74. The number of carbonyl (C=O) groups excluding carboxylic acids is 2. The lowest BCUT2D eigenvalue weighted by Gasteiger charge is -2.36. The molecule has 0 unspecified atom stereocenters. The van der Waals surface area contributed by atoms with Gasteiger partial charge in [-0.05, 0) is 56.3 Å². The molecule has 0 saturated carbocycles. The molecular weight excluding hydrogens is 689 g/mol. The minimum Gasteiger partial charge on any atom is -0.465 e. The number of esters is 2. The molecule has 7 aromatic rings. The predicted molar refractivity (Wildman–Crippen MR) is 212 cm³/mol. The van der Waals surface area contributed by atoms with E-state index in [4.69, 9.17) is 19.8 Å². The zero-order valence-electron chi connectivity index (χ0n) is 30.9. The van der Waals surface area contributed by atoms with Crippen molar-refractivity contribution in [2.75, 3.05) is 25.7 Å². The number of rotatable bonds is 13. The highest BCUT2D eigenvalue weighted by Crippen LogP contribution is 2.43. The summed E-state index contributed by atoms with van der Waals surface area (Å²) < 4.78 is 12.0. The number of methoxy groups -OCH3 is 2. The number of nitrogens with zero attached hydrogens (tertiary/aromatic N) is 6. The van der Waals surface area contributed by atoms with E-state index in [1.807, 2.05) is 83.2 Å². The quantitative estimate of drug-likeness (QED) is 0.0856. The molecule has 0 aliphatic carbocycles. The van der Waals surface area contributed by atoms with Gasteiger partial charge in [-0.1, -0.05) is 146 Å². The van der Waals surface area contributed by atoms with Crippen LogP contribution in [0.3, 0.4) is 0 Å². The summed E-state index contributed by atoms with van der Waals surface area (Å²) in [5.74, 6) is -0.327. The van der Waals surface area contributed by atoms with Gasteiger partial charge in [0.1, 0.15) is 16.9 Å². The summed E-state index contributed by atoms with van der Waals surface area (Å²) in [6.45, 7) is 3.06. The van der Waals surface area contributed by atoms with Crippen molar-refractivity contribution in [1.82, 2.24) is 25.2 Å². The van der Waals surface area contributed by atoms with Gasteiger partial charge in [0.15, 0.2) is 5.82 Å². The average molecular weight is 729 g/mol. The highest BCUT2D eigenvalue weighted by molar-refractivity contribution is 6.06. The van der Waals surface area contributed by atoms with Crippen molar-refractivity contribution in [3.8, 4) is 22.5 Å². The van der Waals surface area contributed by atoms with Crippen molar-refractivity contribution in [2.45, 2.75) is 25.4 Å². The smallest absolute Gasteiger partial charge is 0.342 e. The Morgan fingerprint density at radius 2 is 1.22 bits per heavy atom. The van der Waals surface area contributed by atoms with E-state index in [2.05, 4.69) is 83.0 Å². The Kier molecular flexibility index (Phi) is 10.8. The van der Waals surface area contributed by atoms with Crippen molar-refractivity contribution in [2.24, 2.45) is 0 Å². The minimum atomic E-state index is -0.898. The van der Waals surface area contributed by atoms with Gasteiger partial charge in [-0.15, -0.1) is 5.10 Å². The van der Waals surface area contributed by atoms with Gasteiger partial charge >= 0.3 is 11.9 Å². The molecule has 7 rings (SSSR count). The van der Waals surface area contributed by atoms with E-state index < -0.39 is 17.5 Å². The number of pyridine rings is 1. The lowest BCUT2D eigenvalue weighted by molar-refractivity contribution is 0.0555. The summed E-state index contributed by atoms with van der Waals surface area (Å²) in [7, 11) is 2.56. The number of carbonyl (C=O) groups is 2. The second-order valence-corrected chi connectivity index (χ2v) is 12.9. The molecule has 0 radical (unpaired) electrons. The van der Waals surface area contributed by atoms with Crippen LogP contribution in [-0.4, -0.2) is 57.9 Å². The highest BCUT2D eigenvalue weighted by atomic mass is 16.5. The van der Waals surface area contributed by atoms with E-state index in [1.165, 1.54) is 26.5 Å². The Balaban J connectivity index is 1.30. The van der Waals surface area contributed by atoms with Gasteiger partial charge in [0.25, 0.3) is 0 Å². The van der Waals surface area contributed by atoms with E-state index in [0.717, 1.165) is 45.4 Å².